The summed E-state index contributed by atoms with van der Waals surface area (Å²) >= 11 is -9.38. The van der Waals surface area contributed by atoms with Crippen molar-refractivity contribution in [3.05, 3.63) is 0 Å². The molecule has 8 nitrogen and oxygen atoms in total. The summed E-state index contributed by atoms with van der Waals surface area (Å²) in [6.45, 7) is 0. The van der Waals surface area contributed by atoms with Crippen LogP contribution in [0.3, 0.4) is 0 Å². The normalized spacial score (nSPS) is 17.4. The summed E-state index contributed by atoms with van der Waals surface area (Å²) in [7, 11) is 0. The molecule has 0 rings (SSSR count). The number of hydrogen-bond acceptors (Lipinski definition) is 8. The molecule has 0 aromatic rings. The predicted molar refractivity (Wildman–Crippen MR) is 44.9 cm³/mol. The Labute approximate surface area is 88.9 Å². The monoisotopic (exact) mass is 306 g/mol. The van der Waals surface area contributed by atoms with Gasteiger partial charge >= 0.3 is 88.8 Å². The second kappa shape index (κ2) is 1.60. The summed E-state index contributed by atoms with van der Waals surface area (Å²) in [5.74, 6) is 0. The molecule has 0 unspecified atom stereocenters. The number of rotatable bonds is 0. The van der Waals surface area contributed by atoms with Crippen LogP contribution in [0.5, 0.6) is 0 Å². The van der Waals surface area contributed by atoms with Crippen LogP contribution in [0.1, 0.15) is 0 Å². The molecule has 0 aromatic carbocycles. The molecule has 0 heterocycles. The van der Waals surface area contributed by atoms with E-state index < -0.39 is 11.1 Å². The van der Waals surface area contributed by atoms with Gasteiger partial charge in [0.1, 0.15) is 0 Å². The van der Waals surface area contributed by atoms with Crippen molar-refractivity contribution in [3.63, 3.8) is 0 Å². The Morgan fingerprint density at radius 2 is 0.471 bits per heavy atom. The summed E-state index contributed by atoms with van der Waals surface area (Å²) in [4.78, 5) is 0. The average Bonchev–Trinajstić information content (AvgIpc) is 2.48. The second-order valence-corrected chi connectivity index (χ2v) is 21.2. The van der Waals surface area contributed by atoms with Gasteiger partial charge in [-0.05, 0) is 0 Å². The Bertz CT molecular complexity index is 616. The molecule has 0 radical (unpaired) electrons. The molecule has 9 heteroatoms. The van der Waals surface area contributed by atoms with Gasteiger partial charge in [0.15, 0.2) is 0 Å². The van der Waals surface area contributed by atoms with Gasteiger partial charge in [0.2, 0.25) is 0 Å². The van der Waals surface area contributed by atoms with Crippen molar-refractivity contribution < 1.29 is 11.1 Å². The van der Waals surface area contributed by atoms with Crippen molar-refractivity contribution in [2.24, 2.45) is 0 Å². The third kappa shape index (κ3) is 0.513. The Balaban J connectivity index is 9.02. The number of nitriles is 8. The third-order valence-corrected chi connectivity index (χ3v) is 15.1. The fraction of sp³-hybridized carbons (Fsp3) is 0. The van der Waals surface area contributed by atoms with Crippen molar-refractivity contribution in [2.75, 3.05) is 0 Å². The van der Waals surface area contributed by atoms with Crippen LogP contribution in [0.25, 0.3) is 0 Å². The van der Waals surface area contributed by atoms with Gasteiger partial charge in [0.05, 0.1) is 0 Å². The minimum absolute atomic E-state index is 0.658. The maximum atomic E-state index is 9.05. The second-order valence-electron chi connectivity index (χ2n) is 3.59. The van der Waals surface area contributed by atoms with E-state index >= 15 is 0 Å². The zero-order valence-corrected chi connectivity index (χ0v) is 9.99. The van der Waals surface area contributed by atoms with Crippen molar-refractivity contribution in [2.45, 2.75) is 0 Å². The van der Waals surface area contributed by atoms with Gasteiger partial charge in [-0.25, -0.2) is 0 Å². The zero-order valence-electron chi connectivity index (χ0n) is 7.99. The quantitative estimate of drug-likeness (QED) is 0.563. The van der Waals surface area contributed by atoms with Crippen LogP contribution in [-0.2, 0) is 11.1 Å². The Morgan fingerprint density at radius 1 is 0.353 bits per heavy atom. The van der Waals surface area contributed by atoms with E-state index in [1.807, 2.05) is 0 Å². The molecular formula is C8MoN8. The molecule has 0 amide bonds. The van der Waals surface area contributed by atoms with E-state index in [2.05, 4.69) is 0 Å². The molecule has 0 saturated heterocycles. The molecular weight excluding hydrogens is 304 g/mol. The van der Waals surface area contributed by atoms with Gasteiger partial charge in [-0.3, -0.25) is 0 Å². The molecule has 0 aliphatic heterocycles. The maximum absolute atomic E-state index is 9.38. The first kappa shape index (κ1) is 13.6. The topological polar surface area (TPSA) is 190 Å². The molecule has 0 atom stereocenters. The molecule has 17 heavy (non-hydrogen) atoms. The van der Waals surface area contributed by atoms with Gasteiger partial charge in [0, 0.05) is 0 Å². The SMILES string of the molecule is N#[C][Mo]([C]#N)([C]#N)([C]#N)([C]#N)([C]#N)([C]#N)[C]#N. The fourth-order valence-electron chi connectivity index (χ4n) is 0.572. The Hall–Kier alpha value is -3.39. The number of nitrogens with zero attached hydrogens (tertiary/aromatic N) is 8. The van der Waals surface area contributed by atoms with E-state index in [-0.39, 0.29) is 0 Å². The van der Waals surface area contributed by atoms with Crippen molar-refractivity contribution >= 4 is 0 Å². The van der Waals surface area contributed by atoms with Crippen LogP contribution in [-0.4, -0.2) is 0 Å². The van der Waals surface area contributed by atoms with Gasteiger partial charge in [0.25, 0.3) is 0 Å². The summed E-state index contributed by atoms with van der Waals surface area (Å²) in [6.07, 6.45) is 0. The van der Waals surface area contributed by atoms with Gasteiger partial charge in [-0.15, -0.1) is 0 Å². The van der Waals surface area contributed by atoms with Crippen LogP contribution in [0, 0.1) is 77.8 Å². The van der Waals surface area contributed by atoms with Crippen LogP contribution in [0.15, 0.2) is 0 Å². The molecule has 0 aliphatic rings. The van der Waals surface area contributed by atoms with Gasteiger partial charge < -0.3 is 0 Å². The average molecular weight is 304 g/mol. The van der Waals surface area contributed by atoms with Crippen LogP contribution in [0.4, 0.5) is 0 Å². The van der Waals surface area contributed by atoms with E-state index in [0.29, 0.717) is 35.7 Å². The van der Waals surface area contributed by atoms with Crippen LogP contribution < -0.4 is 0 Å². The molecule has 0 saturated carbocycles. The van der Waals surface area contributed by atoms with Crippen molar-refractivity contribution in [1.82, 2.24) is 0 Å². The van der Waals surface area contributed by atoms with E-state index in [0.717, 1.165) is 0 Å². The Morgan fingerprint density at radius 3 is 0.471 bits per heavy atom. The molecule has 0 fully saturated rings. The van der Waals surface area contributed by atoms with Crippen molar-refractivity contribution in [1.29, 1.82) is 42.1 Å². The molecule has 78 valence electrons. The summed E-state index contributed by atoms with van der Waals surface area (Å²) in [5, 5.41) is 72.4. The van der Waals surface area contributed by atoms with E-state index in [1.165, 1.54) is 0 Å². The van der Waals surface area contributed by atoms with Crippen LogP contribution >= 0.6 is 0 Å². The van der Waals surface area contributed by atoms with E-state index in [9.17, 15) is 0 Å². The third-order valence-electron chi connectivity index (χ3n) is 2.56. The van der Waals surface area contributed by atoms with Crippen LogP contribution in [0.2, 0.25) is 0 Å². The molecule has 0 N–H and O–H groups in total. The van der Waals surface area contributed by atoms with Gasteiger partial charge in [-0.1, -0.05) is 0 Å². The number of hydrogen-bond donors (Lipinski definition) is 0. The fourth-order valence-corrected chi connectivity index (χ4v) is 3.38. The van der Waals surface area contributed by atoms with Crippen molar-refractivity contribution in [3.8, 4) is 35.7 Å². The zero-order chi connectivity index (χ0) is 14.0. The first-order valence-corrected chi connectivity index (χ1v) is 11.4. The standard InChI is InChI=1S/8CN.Mo/c8*1-2;. The summed E-state index contributed by atoms with van der Waals surface area (Å²) in [6, 6.07) is 0. The summed E-state index contributed by atoms with van der Waals surface area (Å²) in [5.41, 5.74) is 0. The molecule has 0 bridgehead atoms. The summed E-state index contributed by atoms with van der Waals surface area (Å²) < 4.78 is 5.26. The van der Waals surface area contributed by atoms with E-state index in [1.54, 1.807) is 0 Å². The minimum atomic E-state index is -9.38. The first-order chi connectivity index (χ1) is 7.66. The Kier molecular flexibility index (Phi) is 1.28. The molecule has 0 spiro atoms. The molecule has 0 aromatic heterocycles. The first-order valence-electron chi connectivity index (χ1n) is 3.42. The molecule has 0 aliphatic carbocycles. The predicted octanol–water partition coefficient (Wildman–Crippen LogP) is 0.132. The van der Waals surface area contributed by atoms with Gasteiger partial charge in [-0.2, -0.15) is 0 Å². The van der Waals surface area contributed by atoms with E-state index in [4.69, 9.17) is 42.1 Å².